The summed E-state index contributed by atoms with van der Waals surface area (Å²) in [5.41, 5.74) is 2.24. The van der Waals surface area contributed by atoms with Crippen molar-refractivity contribution in [2.45, 2.75) is 26.9 Å². The van der Waals surface area contributed by atoms with Crippen molar-refractivity contribution in [3.63, 3.8) is 0 Å². The van der Waals surface area contributed by atoms with E-state index in [0.29, 0.717) is 27.8 Å². The normalized spacial score (nSPS) is 12.3. The van der Waals surface area contributed by atoms with E-state index in [9.17, 15) is 23.5 Å². The molecule has 0 aliphatic heterocycles. The third-order valence-electron chi connectivity index (χ3n) is 6.29. The Balaban J connectivity index is 1.68. The fraction of sp³-hybridized carbons (Fsp3) is 0.179. The van der Waals surface area contributed by atoms with E-state index in [1.54, 1.807) is 37.6 Å². The Labute approximate surface area is 209 Å². The largest absolute Gasteiger partial charge is 0.485 e. The topological polar surface area (TPSA) is 94.6 Å². The molecule has 5 aromatic rings. The molecule has 0 amide bonds. The summed E-state index contributed by atoms with van der Waals surface area (Å²) in [5.74, 6) is -4.44. The van der Waals surface area contributed by atoms with Gasteiger partial charge >= 0.3 is 5.97 Å². The van der Waals surface area contributed by atoms with Crippen molar-refractivity contribution in [1.29, 1.82) is 0 Å². The van der Waals surface area contributed by atoms with Crippen molar-refractivity contribution in [3.8, 4) is 17.1 Å². The maximum atomic E-state index is 14.2. The van der Waals surface area contributed by atoms with Crippen LogP contribution in [0.3, 0.4) is 0 Å². The molecule has 0 fully saturated rings. The smallest absolute Gasteiger partial charge is 0.342 e. The van der Waals surface area contributed by atoms with Gasteiger partial charge in [-0.1, -0.05) is 0 Å². The lowest BCUT2D eigenvalue weighted by Crippen LogP contribution is -2.13. The van der Waals surface area contributed by atoms with Gasteiger partial charge < -0.3 is 14.3 Å². The second-order valence-corrected chi connectivity index (χ2v) is 8.99. The lowest BCUT2D eigenvalue weighted by Gasteiger charge is -2.19. The number of aromatic carboxylic acids is 1. The Morgan fingerprint density at radius 2 is 1.89 bits per heavy atom. The maximum absolute atomic E-state index is 14.2. The quantitative estimate of drug-likeness (QED) is 0.312. The molecule has 0 saturated carbocycles. The van der Waals surface area contributed by atoms with Crippen LogP contribution in [0.15, 0.2) is 57.9 Å². The first-order chi connectivity index (χ1) is 17.5. The zero-order valence-electron chi connectivity index (χ0n) is 20.4. The highest BCUT2D eigenvalue weighted by Crippen LogP contribution is 2.35. The molecule has 2 aromatic heterocycles. The molecular formula is C28H22F2N2O5. The monoisotopic (exact) mass is 504 g/mol. The van der Waals surface area contributed by atoms with Gasteiger partial charge in [-0.2, -0.15) is 5.10 Å². The number of carboxylic acids is 1. The van der Waals surface area contributed by atoms with Crippen LogP contribution < -0.4 is 10.2 Å². The summed E-state index contributed by atoms with van der Waals surface area (Å²) in [6.45, 7) is 5.10. The van der Waals surface area contributed by atoms with Gasteiger partial charge in [0, 0.05) is 35.3 Å². The van der Waals surface area contributed by atoms with Gasteiger partial charge in [-0.25, -0.2) is 13.6 Å². The van der Waals surface area contributed by atoms with Crippen molar-refractivity contribution in [2.24, 2.45) is 7.05 Å². The van der Waals surface area contributed by atoms with Crippen molar-refractivity contribution in [3.05, 3.63) is 92.8 Å². The van der Waals surface area contributed by atoms with Gasteiger partial charge in [0.15, 0.2) is 17.1 Å². The molecule has 188 valence electrons. The molecule has 0 aliphatic carbocycles. The first-order valence-electron chi connectivity index (χ1n) is 11.4. The average Bonchev–Trinajstić information content (AvgIpc) is 3.22. The Hall–Kier alpha value is -4.53. The van der Waals surface area contributed by atoms with Gasteiger partial charge in [-0.15, -0.1) is 0 Å². The minimum atomic E-state index is -1.66. The molecule has 1 atom stereocenters. The fourth-order valence-corrected chi connectivity index (χ4v) is 4.52. The molecule has 7 nitrogen and oxygen atoms in total. The molecule has 3 aromatic carbocycles. The summed E-state index contributed by atoms with van der Waals surface area (Å²) in [5, 5.41) is 15.0. The lowest BCUT2D eigenvalue weighted by molar-refractivity contribution is 0.0682. The fourth-order valence-electron chi connectivity index (χ4n) is 4.52. The van der Waals surface area contributed by atoms with E-state index < -0.39 is 29.3 Å². The van der Waals surface area contributed by atoms with Crippen molar-refractivity contribution >= 4 is 27.8 Å². The van der Waals surface area contributed by atoms with E-state index in [1.165, 1.54) is 0 Å². The van der Waals surface area contributed by atoms with Crippen LogP contribution in [0.2, 0.25) is 0 Å². The molecular weight excluding hydrogens is 482 g/mol. The third-order valence-corrected chi connectivity index (χ3v) is 6.29. The molecule has 0 saturated heterocycles. The molecule has 37 heavy (non-hydrogen) atoms. The molecule has 0 spiro atoms. The van der Waals surface area contributed by atoms with Gasteiger partial charge in [0.25, 0.3) is 0 Å². The summed E-state index contributed by atoms with van der Waals surface area (Å²) in [4.78, 5) is 25.0. The number of nitrogens with zero attached hydrogens (tertiary/aromatic N) is 2. The predicted octanol–water partition coefficient (Wildman–Crippen LogP) is 6.08. The van der Waals surface area contributed by atoms with Crippen molar-refractivity contribution < 1.29 is 27.8 Å². The average molecular weight is 504 g/mol. The van der Waals surface area contributed by atoms with E-state index in [4.69, 9.17) is 9.15 Å². The summed E-state index contributed by atoms with van der Waals surface area (Å²) >= 11 is 0. The number of rotatable bonds is 5. The number of hydrogen-bond donors (Lipinski definition) is 1. The summed E-state index contributed by atoms with van der Waals surface area (Å²) in [6.07, 6.45) is 0.991. The Bertz CT molecular complexity index is 1790. The highest BCUT2D eigenvalue weighted by Gasteiger charge is 2.25. The van der Waals surface area contributed by atoms with Crippen LogP contribution in [0, 0.1) is 25.5 Å². The highest BCUT2D eigenvalue weighted by molar-refractivity contribution is 5.91. The van der Waals surface area contributed by atoms with Crippen LogP contribution in [-0.4, -0.2) is 20.9 Å². The second kappa shape index (κ2) is 8.85. The number of halogens is 2. The minimum absolute atomic E-state index is 0.223. The van der Waals surface area contributed by atoms with E-state index in [-0.39, 0.29) is 16.8 Å². The van der Waals surface area contributed by atoms with Crippen LogP contribution in [0.4, 0.5) is 8.78 Å². The highest BCUT2D eigenvalue weighted by atomic mass is 19.2. The number of fused-ring (bicyclic) bond motifs is 2. The Morgan fingerprint density at radius 3 is 2.62 bits per heavy atom. The summed E-state index contributed by atoms with van der Waals surface area (Å²) < 4.78 is 41.7. The number of carbonyl (C=O) groups is 1. The lowest BCUT2D eigenvalue weighted by atomic mass is 9.99. The molecule has 0 unspecified atom stereocenters. The molecule has 0 bridgehead atoms. The number of carboxylic acid groups (broad SMARTS) is 1. The van der Waals surface area contributed by atoms with Crippen molar-refractivity contribution in [1.82, 2.24) is 9.78 Å². The third kappa shape index (κ3) is 4.12. The van der Waals surface area contributed by atoms with Gasteiger partial charge in [0.2, 0.25) is 0 Å². The molecule has 1 N–H and O–H groups in total. The first-order valence-corrected chi connectivity index (χ1v) is 11.4. The van der Waals surface area contributed by atoms with E-state index in [0.717, 1.165) is 28.6 Å². The number of ether oxygens (including phenoxy) is 1. The van der Waals surface area contributed by atoms with E-state index >= 15 is 0 Å². The van der Waals surface area contributed by atoms with E-state index in [2.05, 4.69) is 5.10 Å². The van der Waals surface area contributed by atoms with Crippen LogP contribution in [0.25, 0.3) is 33.2 Å². The number of aryl methyl sites for hydroxylation is 2. The zero-order valence-corrected chi connectivity index (χ0v) is 20.4. The molecule has 2 heterocycles. The summed E-state index contributed by atoms with van der Waals surface area (Å²) in [6, 6.07) is 10.9. The molecule has 0 radical (unpaired) electrons. The minimum Gasteiger partial charge on any atom is -0.485 e. The Kier molecular flexibility index (Phi) is 5.78. The van der Waals surface area contributed by atoms with Crippen LogP contribution in [0.5, 0.6) is 5.75 Å². The van der Waals surface area contributed by atoms with Crippen molar-refractivity contribution in [2.75, 3.05) is 0 Å². The number of aromatic nitrogens is 2. The standard InChI is InChI=1S/C28H22F2N2O5/c1-13-9-18(15(3)36-22-8-6-20(29)24(30)23(22)28(34)35)27-19(10-13)25(33)14(2)26(37-27)16-5-7-21-17(11-16)12-32(4)31-21/h5-12,15H,1-4H3,(H,34,35)/t15-/m1/s1. The molecule has 9 heteroatoms. The summed E-state index contributed by atoms with van der Waals surface area (Å²) in [7, 11) is 1.82. The van der Waals surface area contributed by atoms with Crippen LogP contribution in [0.1, 0.15) is 40.1 Å². The van der Waals surface area contributed by atoms with Gasteiger partial charge in [0.05, 0.1) is 10.9 Å². The van der Waals surface area contributed by atoms with Gasteiger partial charge in [-0.3, -0.25) is 9.48 Å². The molecule has 5 rings (SSSR count). The van der Waals surface area contributed by atoms with Crippen LogP contribution in [-0.2, 0) is 7.05 Å². The maximum Gasteiger partial charge on any atom is 0.342 e. The number of benzene rings is 3. The SMILES string of the molecule is Cc1cc([C@@H](C)Oc2ccc(F)c(F)c2C(=O)O)c2oc(-c3ccc4nn(C)cc4c3)c(C)c(=O)c2c1. The van der Waals surface area contributed by atoms with Gasteiger partial charge in [0.1, 0.15) is 28.8 Å². The Morgan fingerprint density at radius 1 is 1.14 bits per heavy atom. The first kappa shape index (κ1) is 24.2. The second-order valence-electron chi connectivity index (χ2n) is 8.99. The van der Waals surface area contributed by atoms with E-state index in [1.807, 2.05) is 31.4 Å². The number of hydrogen-bond acceptors (Lipinski definition) is 5. The predicted molar refractivity (Wildman–Crippen MR) is 134 cm³/mol. The zero-order chi connectivity index (χ0) is 26.6. The van der Waals surface area contributed by atoms with Gasteiger partial charge in [-0.05, 0) is 68.8 Å². The van der Waals surface area contributed by atoms with Crippen LogP contribution >= 0.6 is 0 Å². The molecule has 0 aliphatic rings.